The number of ether oxygens (including phenoxy) is 2. The number of sulfonamides is 1. The van der Waals surface area contributed by atoms with Crippen LogP contribution in [0, 0.1) is 0 Å². The summed E-state index contributed by atoms with van der Waals surface area (Å²) in [5, 5.41) is 3.06. The molecule has 0 aliphatic heterocycles. The van der Waals surface area contributed by atoms with Gasteiger partial charge in [-0.1, -0.05) is 54.1 Å². The van der Waals surface area contributed by atoms with Gasteiger partial charge in [-0.3, -0.25) is 4.79 Å². The van der Waals surface area contributed by atoms with Gasteiger partial charge < -0.3 is 14.8 Å². The zero-order valence-electron chi connectivity index (χ0n) is 19.9. The van der Waals surface area contributed by atoms with E-state index in [2.05, 4.69) is 5.32 Å². The van der Waals surface area contributed by atoms with Gasteiger partial charge in [-0.15, -0.1) is 0 Å². The topological polar surface area (TPSA) is 84.9 Å². The summed E-state index contributed by atoms with van der Waals surface area (Å²) in [6, 6.07) is 20.4. The van der Waals surface area contributed by atoms with E-state index >= 15 is 0 Å². The van der Waals surface area contributed by atoms with E-state index in [9.17, 15) is 13.2 Å². The second-order valence-corrected chi connectivity index (χ2v) is 10.2. The maximum atomic E-state index is 13.6. The largest absolute Gasteiger partial charge is 0.497 e. The van der Waals surface area contributed by atoms with Crippen molar-refractivity contribution < 1.29 is 22.7 Å². The summed E-state index contributed by atoms with van der Waals surface area (Å²) in [6.45, 7) is 3.72. The van der Waals surface area contributed by atoms with Crippen LogP contribution in [-0.2, 0) is 21.4 Å². The van der Waals surface area contributed by atoms with Crippen LogP contribution in [0.3, 0.4) is 0 Å². The van der Waals surface area contributed by atoms with E-state index in [0.29, 0.717) is 18.1 Å². The first-order valence-corrected chi connectivity index (χ1v) is 13.0. The third-order valence-corrected chi connectivity index (χ3v) is 7.44. The molecule has 186 valence electrons. The number of carbonyl (C=O) groups is 1. The maximum absolute atomic E-state index is 13.6. The molecule has 3 aromatic carbocycles. The zero-order valence-corrected chi connectivity index (χ0v) is 21.5. The third kappa shape index (κ3) is 6.97. The average Bonchev–Trinajstić information content (AvgIpc) is 2.85. The second-order valence-electron chi connectivity index (χ2n) is 7.85. The van der Waals surface area contributed by atoms with Gasteiger partial charge in [0.15, 0.2) is 0 Å². The standard InChI is InChI=1S/C26H29ClN2O5S/c1-4-34-25-15-14-23(16-24(25)27)35(31,32)29(17-20-8-6-5-7-9-20)18-26(30)28-19(2)21-10-12-22(33-3)13-11-21/h5-16,19H,4,17-18H2,1-3H3,(H,28,30)/t19-/m0/s1. The Bertz CT molecular complexity index is 1230. The van der Waals surface area contributed by atoms with Gasteiger partial charge in [0.05, 0.1) is 36.2 Å². The first-order valence-electron chi connectivity index (χ1n) is 11.1. The van der Waals surface area contributed by atoms with E-state index in [-0.39, 0.29) is 29.0 Å². The third-order valence-electron chi connectivity index (χ3n) is 5.36. The highest BCUT2D eigenvalue weighted by Crippen LogP contribution is 2.29. The Labute approximate surface area is 211 Å². The summed E-state index contributed by atoms with van der Waals surface area (Å²) in [6.07, 6.45) is 0. The van der Waals surface area contributed by atoms with Gasteiger partial charge in [-0.05, 0) is 55.3 Å². The fraction of sp³-hybridized carbons (Fsp3) is 0.269. The van der Waals surface area contributed by atoms with Crippen molar-refractivity contribution in [2.45, 2.75) is 31.3 Å². The molecule has 0 aliphatic rings. The van der Waals surface area contributed by atoms with E-state index < -0.39 is 15.9 Å². The summed E-state index contributed by atoms with van der Waals surface area (Å²) in [5.74, 6) is 0.681. The fourth-order valence-corrected chi connectivity index (χ4v) is 5.21. The number of halogens is 1. The molecule has 35 heavy (non-hydrogen) atoms. The molecule has 1 N–H and O–H groups in total. The normalized spacial score (nSPS) is 12.3. The molecule has 1 amide bonds. The van der Waals surface area contributed by atoms with Gasteiger partial charge in [0.25, 0.3) is 0 Å². The molecule has 0 spiro atoms. The smallest absolute Gasteiger partial charge is 0.243 e. The minimum atomic E-state index is -4.04. The summed E-state index contributed by atoms with van der Waals surface area (Å²) in [7, 11) is -2.46. The van der Waals surface area contributed by atoms with Gasteiger partial charge in [0.2, 0.25) is 15.9 Å². The molecule has 0 unspecified atom stereocenters. The van der Waals surface area contributed by atoms with Gasteiger partial charge >= 0.3 is 0 Å². The lowest BCUT2D eigenvalue weighted by atomic mass is 10.1. The molecule has 9 heteroatoms. The van der Waals surface area contributed by atoms with E-state index in [1.54, 1.807) is 19.2 Å². The first kappa shape index (κ1) is 26.5. The molecular formula is C26H29ClN2O5S. The Balaban J connectivity index is 1.83. The molecule has 1 atom stereocenters. The number of methoxy groups -OCH3 is 1. The molecule has 0 saturated carbocycles. The van der Waals surface area contributed by atoms with Crippen molar-refractivity contribution in [2.24, 2.45) is 0 Å². The molecule has 0 fully saturated rings. The Hall–Kier alpha value is -3.07. The van der Waals surface area contributed by atoms with Gasteiger partial charge in [-0.2, -0.15) is 4.31 Å². The second kappa shape index (κ2) is 12.1. The monoisotopic (exact) mass is 516 g/mol. The molecule has 0 radical (unpaired) electrons. The fourth-order valence-electron chi connectivity index (χ4n) is 3.50. The number of carbonyl (C=O) groups excluding carboxylic acids is 1. The Morgan fingerprint density at radius 1 is 1.06 bits per heavy atom. The number of nitrogens with zero attached hydrogens (tertiary/aromatic N) is 1. The highest BCUT2D eigenvalue weighted by Gasteiger charge is 2.28. The van der Waals surface area contributed by atoms with Crippen molar-refractivity contribution in [1.82, 2.24) is 9.62 Å². The highest BCUT2D eigenvalue weighted by molar-refractivity contribution is 7.89. The first-order chi connectivity index (χ1) is 16.7. The SMILES string of the molecule is CCOc1ccc(S(=O)(=O)N(CC(=O)N[C@@H](C)c2ccc(OC)cc2)Cc2ccccc2)cc1Cl. The minimum absolute atomic E-state index is 0.0158. The van der Waals surface area contributed by atoms with Gasteiger partial charge in [-0.25, -0.2) is 8.42 Å². The number of hydrogen-bond acceptors (Lipinski definition) is 5. The number of nitrogens with one attached hydrogen (secondary N) is 1. The molecule has 3 rings (SSSR count). The van der Waals surface area contributed by atoms with Crippen LogP contribution >= 0.6 is 11.6 Å². The van der Waals surface area contributed by atoms with E-state index in [1.165, 1.54) is 18.2 Å². The Kier molecular flexibility index (Phi) is 9.14. The summed E-state index contributed by atoms with van der Waals surface area (Å²) in [4.78, 5) is 12.9. The Morgan fingerprint density at radius 3 is 2.34 bits per heavy atom. The van der Waals surface area contributed by atoms with Crippen molar-refractivity contribution in [3.05, 3.63) is 88.9 Å². The lowest BCUT2D eigenvalue weighted by Crippen LogP contribution is -2.41. The summed E-state index contributed by atoms with van der Waals surface area (Å²) in [5.41, 5.74) is 1.62. The lowest BCUT2D eigenvalue weighted by Gasteiger charge is -2.23. The van der Waals surface area contributed by atoms with Crippen LogP contribution < -0.4 is 14.8 Å². The number of benzene rings is 3. The molecule has 0 aliphatic carbocycles. The van der Waals surface area contributed by atoms with Crippen LogP contribution in [0.2, 0.25) is 5.02 Å². The van der Waals surface area contributed by atoms with Crippen LogP contribution in [0.4, 0.5) is 0 Å². The van der Waals surface area contributed by atoms with Crippen LogP contribution in [0.15, 0.2) is 77.7 Å². The Morgan fingerprint density at radius 2 is 1.74 bits per heavy atom. The van der Waals surface area contributed by atoms with Crippen molar-refractivity contribution in [3.8, 4) is 11.5 Å². The van der Waals surface area contributed by atoms with E-state index in [1.807, 2.05) is 56.3 Å². The van der Waals surface area contributed by atoms with Crippen LogP contribution in [0.1, 0.15) is 31.0 Å². The maximum Gasteiger partial charge on any atom is 0.243 e. The highest BCUT2D eigenvalue weighted by atomic mass is 35.5. The predicted molar refractivity (Wildman–Crippen MR) is 136 cm³/mol. The van der Waals surface area contributed by atoms with Crippen LogP contribution in [0.5, 0.6) is 11.5 Å². The van der Waals surface area contributed by atoms with E-state index in [4.69, 9.17) is 21.1 Å². The van der Waals surface area contributed by atoms with Crippen LogP contribution in [-0.4, -0.2) is 38.9 Å². The zero-order chi connectivity index (χ0) is 25.4. The summed E-state index contributed by atoms with van der Waals surface area (Å²) >= 11 is 6.25. The van der Waals surface area contributed by atoms with Crippen molar-refractivity contribution in [1.29, 1.82) is 0 Å². The molecular weight excluding hydrogens is 488 g/mol. The molecule has 0 aromatic heterocycles. The minimum Gasteiger partial charge on any atom is -0.497 e. The molecule has 7 nitrogen and oxygen atoms in total. The van der Waals surface area contributed by atoms with Gasteiger partial charge in [0.1, 0.15) is 11.5 Å². The molecule has 0 saturated heterocycles. The quantitative estimate of drug-likeness (QED) is 0.395. The van der Waals surface area contributed by atoms with Crippen molar-refractivity contribution in [3.63, 3.8) is 0 Å². The predicted octanol–water partition coefficient (Wildman–Crippen LogP) is 4.82. The molecule has 0 heterocycles. The average molecular weight is 517 g/mol. The van der Waals surface area contributed by atoms with Crippen LogP contribution in [0.25, 0.3) is 0 Å². The molecule has 0 bridgehead atoms. The number of hydrogen-bond donors (Lipinski definition) is 1. The van der Waals surface area contributed by atoms with Crippen molar-refractivity contribution in [2.75, 3.05) is 20.3 Å². The summed E-state index contributed by atoms with van der Waals surface area (Å²) < 4.78 is 38.8. The molecule has 3 aromatic rings. The van der Waals surface area contributed by atoms with E-state index in [0.717, 1.165) is 15.4 Å². The van der Waals surface area contributed by atoms with Gasteiger partial charge in [0, 0.05) is 6.54 Å². The lowest BCUT2D eigenvalue weighted by molar-refractivity contribution is -0.122. The number of amides is 1. The number of rotatable bonds is 11. The van der Waals surface area contributed by atoms with Crippen molar-refractivity contribution >= 4 is 27.5 Å².